The number of sulfonamides is 1. The third kappa shape index (κ3) is 6.67. The van der Waals surface area contributed by atoms with Gasteiger partial charge in [-0.05, 0) is 48.2 Å². The predicted octanol–water partition coefficient (Wildman–Crippen LogP) is 3.10. The van der Waals surface area contributed by atoms with Crippen LogP contribution in [-0.2, 0) is 22.9 Å². The van der Waals surface area contributed by atoms with Crippen molar-refractivity contribution in [2.24, 2.45) is 0 Å². The van der Waals surface area contributed by atoms with E-state index in [1.807, 2.05) is 36.4 Å². The number of methoxy groups -OCH3 is 1. The standard InChI is InChI=1S/C27H33N3O3S/c1-33-26-12-14-27(15-13-26)34(31,32)29-24(18-22-8-4-2-5-9-22)21-30-17-16-28-20-25(30)19-23-10-6-3-7-11-23/h2-15,24-25,28-29H,16-21H2,1H3/t24-,25-/m0/s1. The number of hydrogen-bond acceptors (Lipinski definition) is 5. The largest absolute Gasteiger partial charge is 0.497 e. The molecule has 4 rings (SSSR count). The van der Waals surface area contributed by atoms with Gasteiger partial charge >= 0.3 is 0 Å². The second kappa shape index (κ2) is 11.6. The Morgan fingerprint density at radius 1 is 0.971 bits per heavy atom. The van der Waals surface area contributed by atoms with E-state index in [2.05, 4.69) is 39.2 Å². The van der Waals surface area contributed by atoms with E-state index in [0.717, 1.165) is 31.6 Å². The van der Waals surface area contributed by atoms with E-state index in [1.54, 1.807) is 31.4 Å². The molecule has 0 amide bonds. The van der Waals surface area contributed by atoms with Gasteiger partial charge in [0.25, 0.3) is 0 Å². The number of rotatable bonds is 10. The van der Waals surface area contributed by atoms with Crippen molar-refractivity contribution in [3.05, 3.63) is 96.1 Å². The van der Waals surface area contributed by atoms with Crippen molar-refractivity contribution < 1.29 is 13.2 Å². The Balaban J connectivity index is 1.53. The molecule has 1 heterocycles. The molecule has 0 aliphatic carbocycles. The van der Waals surface area contributed by atoms with Crippen LogP contribution in [0.15, 0.2) is 89.8 Å². The van der Waals surface area contributed by atoms with Crippen LogP contribution < -0.4 is 14.8 Å². The molecular weight excluding hydrogens is 446 g/mol. The van der Waals surface area contributed by atoms with Crippen molar-refractivity contribution in [3.8, 4) is 5.75 Å². The van der Waals surface area contributed by atoms with Gasteiger partial charge in [0.15, 0.2) is 0 Å². The first kappa shape index (κ1) is 24.4. The van der Waals surface area contributed by atoms with Gasteiger partial charge in [-0.1, -0.05) is 60.7 Å². The molecule has 180 valence electrons. The zero-order chi connectivity index (χ0) is 23.8. The monoisotopic (exact) mass is 479 g/mol. The van der Waals surface area contributed by atoms with Crippen LogP contribution in [-0.4, -0.2) is 58.7 Å². The summed E-state index contributed by atoms with van der Waals surface area (Å²) in [5.74, 6) is 0.629. The minimum atomic E-state index is -3.68. The molecule has 1 aliphatic rings. The molecule has 1 fully saturated rings. The number of piperazine rings is 1. The molecule has 1 aliphatic heterocycles. The van der Waals surface area contributed by atoms with Crippen molar-refractivity contribution >= 4 is 10.0 Å². The SMILES string of the molecule is COc1ccc(S(=O)(=O)N[C@@H](Cc2ccccc2)CN2CCNC[C@@H]2Cc2ccccc2)cc1. The first-order chi connectivity index (χ1) is 16.5. The minimum Gasteiger partial charge on any atom is -0.497 e. The van der Waals surface area contributed by atoms with Gasteiger partial charge in [0.2, 0.25) is 10.0 Å². The summed E-state index contributed by atoms with van der Waals surface area (Å²) in [6.45, 7) is 3.31. The second-order valence-electron chi connectivity index (χ2n) is 8.73. The van der Waals surface area contributed by atoms with Crippen molar-refractivity contribution in [1.29, 1.82) is 0 Å². The van der Waals surface area contributed by atoms with Crippen LogP contribution in [0.3, 0.4) is 0 Å². The lowest BCUT2D eigenvalue weighted by Crippen LogP contribution is -2.56. The molecule has 2 N–H and O–H groups in total. The Kier molecular flexibility index (Phi) is 8.34. The highest BCUT2D eigenvalue weighted by molar-refractivity contribution is 7.89. The average molecular weight is 480 g/mol. The second-order valence-corrected chi connectivity index (χ2v) is 10.4. The third-order valence-corrected chi connectivity index (χ3v) is 7.79. The first-order valence-electron chi connectivity index (χ1n) is 11.7. The lowest BCUT2D eigenvalue weighted by molar-refractivity contribution is 0.148. The van der Waals surface area contributed by atoms with Gasteiger partial charge in [-0.3, -0.25) is 4.90 Å². The molecule has 0 aromatic heterocycles. The molecular formula is C27H33N3O3S. The van der Waals surface area contributed by atoms with Gasteiger partial charge < -0.3 is 10.1 Å². The smallest absolute Gasteiger partial charge is 0.240 e. The van der Waals surface area contributed by atoms with Crippen molar-refractivity contribution in [3.63, 3.8) is 0 Å². The van der Waals surface area contributed by atoms with E-state index >= 15 is 0 Å². The fraction of sp³-hybridized carbons (Fsp3) is 0.333. The first-order valence-corrected chi connectivity index (χ1v) is 13.2. The lowest BCUT2D eigenvalue weighted by Gasteiger charge is -2.38. The summed E-state index contributed by atoms with van der Waals surface area (Å²) >= 11 is 0. The van der Waals surface area contributed by atoms with Crippen LogP contribution in [0.25, 0.3) is 0 Å². The summed E-state index contributed by atoms with van der Waals surface area (Å²) in [6, 6.07) is 27.1. The van der Waals surface area contributed by atoms with E-state index in [-0.39, 0.29) is 10.9 Å². The normalized spacial score (nSPS) is 17.9. The summed E-state index contributed by atoms with van der Waals surface area (Å²) in [6.07, 6.45) is 1.55. The van der Waals surface area contributed by atoms with Crippen molar-refractivity contribution in [2.45, 2.75) is 29.8 Å². The van der Waals surface area contributed by atoms with Crippen LogP contribution >= 0.6 is 0 Å². The number of nitrogens with one attached hydrogen (secondary N) is 2. The highest BCUT2D eigenvalue weighted by Gasteiger charge is 2.28. The molecule has 6 nitrogen and oxygen atoms in total. The summed E-state index contributed by atoms with van der Waals surface area (Å²) in [5, 5.41) is 3.50. The summed E-state index contributed by atoms with van der Waals surface area (Å²) < 4.78 is 34.7. The topological polar surface area (TPSA) is 70.7 Å². The molecule has 34 heavy (non-hydrogen) atoms. The zero-order valence-corrected chi connectivity index (χ0v) is 20.4. The highest BCUT2D eigenvalue weighted by atomic mass is 32.2. The summed E-state index contributed by atoms with van der Waals surface area (Å²) in [4.78, 5) is 2.67. The van der Waals surface area contributed by atoms with Crippen LogP contribution in [0.1, 0.15) is 11.1 Å². The zero-order valence-electron chi connectivity index (χ0n) is 19.6. The van der Waals surface area contributed by atoms with E-state index in [4.69, 9.17) is 4.74 Å². The molecule has 2 atom stereocenters. The summed E-state index contributed by atoms with van der Waals surface area (Å²) in [7, 11) is -2.11. The van der Waals surface area contributed by atoms with Crippen LogP contribution in [0.2, 0.25) is 0 Å². The Hall–Kier alpha value is -2.71. The quantitative estimate of drug-likeness (QED) is 0.468. The molecule has 3 aromatic rings. The third-order valence-electron chi connectivity index (χ3n) is 6.26. The number of nitrogens with zero attached hydrogens (tertiary/aromatic N) is 1. The maximum Gasteiger partial charge on any atom is 0.240 e. The minimum absolute atomic E-state index is 0.243. The molecule has 0 unspecified atom stereocenters. The molecule has 7 heteroatoms. The number of ether oxygens (including phenoxy) is 1. The van der Waals surface area contributed by atoms with Gasteiger partial charge in [-0.25, -0.2) is 13.1 Å². The summed E-state index contributed by atoms with van der Waals surface area (Å²) in [5.41, 5.74) is 2.40. The maximum absolute atomic E-state index is 13.3. The highest BCUT2D eigenvalue weighted by Crippen LogP contribution is 2.18. The fourth-order valence-electron chi connectivity index (χ4n) is 4.50. The Morgan fingerprint density at radius 3 is 2.26 bits per heavy atom. The van der Waals surface area contributed by atoms with E-state index in [9.17, 15) is 8.42 Å². The van der Waals surface area contributed by atoms with Crippen LogP contribution in [0.5, 0.6) is 5.75 Å². The Labute approximate surface area is 203 Å². The van der Waals surface area contributed by atoms with Gasteiger partial charge in [-0.15, -0.1) is 0 Å². The van der Waals surface area contributed by atoms with E-state index in [1.165, 1.54) is 5.56 Å². The average Bonchev–Trinajstić information content (AvgIpc) is 2.86. The predicted molar refractivity (Wildman–Crippen MR) is 136 cm³/mol. The molecule has 3 aromatic carbocycles. The fourth-order valence-corrected chi connectivity index (χ4v) is 5.73. The molecule has 1 saturated heterocycles. The van der Waals surface area contributed by atoms with Crippen molar-refractivity contribution in [2.75, 3.05) is 33.3 Å². The van der Waals surface area contributed by atoms with Gasteiger partial charge in [0, 0.05) is 38.3 Å². The van der Waals surface area contributed by atoms with Crippen LogP contribution in [0, 0.1) is 0 Å². The Bertz CT molecular complexity index is 1120. The molecule has 0 radical (unpaired) electrons. The van der Waals surface area contributed by atoms with Crippen LogP contribution in [0.4, 0.5) is 0 Å². The van der Waals surface area contributed by atoms with Gasteiger partial charge in [-0.2, -0.15) is 0 Å². The van der Waals surface area contributed by atoms with E-state index < -0.39 is 10.0 Å². The maximum atomic E-state index is 13.3. The number of hydrogen-bond donors (Lipinski definition) is 2. The van der Waals surface area contributed by atoms with E-state index in [0.29, 0.717) is 24.8 Å². The number of benzene rings is 3. The molecule has 0 bridgehead atoms. The van der Waals surface area contributed by atoms with Gasteiger partial charge in [0.1, 0.15) is 5.75 Å². The van der Waals surface area contributed by atoms with Crippen molar-refractivity contribution in [1.82, 2.24) is 14.9 Å². The molecule has 0 saturated carbocycles. The molecule has 0 spiro atoms. The lowest BCUT2D eigenvalue weighted by atomic mass is 10.0. The van der Waals surface area contributed by atoms with Gasteiger partial charge in [0.05, 0.1) is 12.0 Å². The Morgan fingerprint density at radius 2 is 1.62 bits per heavy atom.